The predicted molar refractivity (Wildman–Crippen MR) is 76.4 cm³/mol. The standard InChI is InChI=1S/C15H26N2O3/c1-17-9-5-6-12(11-17)14(20)16-15(10-13(18)19)7-3-2-4-8-15/h12H,2-11H2,1H3,(H,16,20)(H,18,19)/t12-/m0/s1. The summed E-state index contributed by atoms with van der Waals surface area (Å²) >= 11 is 0. The first-order valence-electron chi connectivity index (χ1n) is 7.73. The maximum atomic E-state index is 12.5. The van der Waals surface area contributed by atoms with Crippen LogP contribution in [0.1, 0.15) is 51.4 Å². The van der Waals surface area contributed by atoms with E-state index in [9.17, 15) is 9.59 Å². The van der Waals surface area contributed by atoms with Crippen LogP contribution in [0.2, 0.25) is 0 Å². The molecular weight excluding hydrogens is 256 g/mol. The van der Waals surface area contributed by atoms with E-state index in [2.05, 4.69) is 10.2 Å². The Labute approximate surface area is 120 Å². The van der Waals surface area contributed by atoms with Crippen molar-refractivity contribution in [2.24, 2.45) is 5.92 Å². The SMILES string of the molecule is CN1CCC[C@H](C(=O)NC2(CC(=O)O)CCCCC2)C1. The molecule has 2 rings (SSSR count). The van der Waals surface area contributed by atoms with E-state index in [1.165, 1.54) is 0 Å². The summed E-state index contributed by atoms with van der Waals surface area (Å²) in [5.74, 6) is -0.742. The first kappa shape index (κ1) is 15.3. The minimum absolute atomic E-state index is 0.0151. The first-order chi connectivity index (χ1) is 9.51. The van der Waals surface area contributed by atoms with E-state index in [0.717, 1.165) is 58.0 Å². The number of carbonyl (C=O) groups excluding carboxylic acids is 1. The molecule has 1 aliphatic carbocycles. The van der Waals surface area contributed by atoms with Crippen molar-refractivity contribution in [1.29, 1.82) is 0 Å². The van der Waals surface area contributed by atoms with Crippen LogP contribution in [0.15, 0.2) is 0 Å². The average molecular weight is 282 g/mol. The molecule has 2 fully saturated rings. The molecule has 1 atom stereocenters. The molecule has 2 N–H and O–H groups in total. The van der Waals surface area contributed by atoms with Gasteiger partial charge in [-0.3, -0.25) is 9.59 Å². The second-order valence-electron chi connectivity index (χ2n) is 6.50. The van der Waals surface area contributed by atoms with Gasteiger partial charge < -0.3 is 15.3 Å². The Morgan fingerprint density at radius 3 is 2.55 bits per heavy atom. The molecule has 5 heteroatoms. The quantitative estimate of drug-likeness (QED) is 0.822. The van der Waals surface area contributed by atoms with Crippen molar-refractivity contribution in [3.05, 3.63) is 0 Å². The number of hydrogen-bond acceptors (Lipinski definition) is 3. The van der Waals surface area contributed by atoms with Crippen molar-refractivity contribution in [3.63, 3.8) is 0 Å². The zero-order valence-electron chi connectivity index (χ0n) is 12.4. The van der Waals surface area contributed by atoms with E-state index >= 15 is 0 Å². The molecule has 1 heterocycles. The van der Waals surface area contributed by atoms with Gasteiger partial charge in [0, 0.05) is 6.54 Å². The van der Waals surface area contributed by atoms with Crippen LogP contribution in [0.25, 0.3) is 0 Å². The zero-order chi connectivity index (χ0) is 14.6. The molecule has 2 aliphatic rings. The number of carboxylic acids is 1. The fraction of sp³-hybridized carbons (Fsp3) is 0.867. The number of nitrogens with zero attached hydrogens (tertiary/aromatic N) is 1. The Hall–Kier alpha value is -1.10. The Bertz CT molecular complexity index is 364. The van der Waals surface area contributed by atoms with Crippen LogP contribution >= 0.6 is 0 Å². The third-order valence-corrected chi connectivity index (χ3v) is 4.68. The average Bonchev–Trinajstić information content (AvgIpc) is 2.38. The summed E-state index contributed by atoms with van der Waals surface area (Å²) in [4.78, 5) is 25.8. The first-order valence-corrected chi connectivity index (χ1v) is 7.73. The third-order valence-electron chi connectivity index (χ3n) is 4.68. The lowest BCUT2D eigenvalue weighted by atomic mass is 9.78. The van der Waals surface area contributed by atoms with Gasteiger partial charge >= 0.3 is 5.97 Å². The number of carbonyl (C=O) groups is 2. The van der Waals surface area contributed by atoms with Crippen LogP contribution in [0, 0.1) is 5.92 Å². The molecule has 0 spiro atoms. The normalized spacial score (nSPS) is 26.9. The smallest absolute Gasteiger partial charge is 0.305 e. The van der Waals surface area contributed by atoms with E-state index < -0.39 is 11.5 Å². The number of carboxylic acid groups (broad SMARTS) is 1. The molecule has 20 heavy (non-hydrogen) atoms. The minimum atomic E-state index is -0.812. The molecule has 0 aromatic heterocycles. The third kappa shape index (κ3) is 3.95. The molecule has 0 unspecified atom stereocenters. The Morgan fingerprint density at radius 2 is 1.95 bits per heavy atom. The summed E-state index contributed by atoms with van der Waals surface area (Å²) in [6, 6.07) is 0. The molecule has 1 saturated carbocycles. The van der Waals surface area contributed by atoms with Gasteiger partial charge in [-0.25, -0.2) is 0 Å². The highest BCUT2D eigenvalue weighted by Crippen LogP contribution is 2.32. The van der Waals surface area contributed by atoms with Crippen LogP contribution in [-0.4, -0.2) is 47.6 Å². The fourth-order valence-electron chi connectivity index (χ4n) is 3.61. The monoisotopic (exact) mass is 282 g/mol. The molecule has 0 radical (unpaired) electrons. The molecule has 114 valence electrons. The van der Waals surface area contributed by atoms with Gasteiger partial charge in [0.15, 0.2) is 0 Å². The molecule has 1 amide bonds. The van der Waals surface area contributed by atoms with Crippen LogP contribution in [0.3, 0.4) is 0 Å². The zero-order valence-corrected chi connectivity index (χ0v) is 12.4. The number of piperidine rings is 1. The summed E-state index contributed by atoms with van der Waals surface area (Å²) in [6.07, 6.45) is 6.78. The lowest BCUT2D eigenvalue weighted by Gasteiger charge is -2.39. The lowest BCUT2D eigenvalue weighted by Crippen LogP contribution is -2.54. The van der Waals surface area contributed by atoms with Crippen molar-refractivity contribution in [1.82, 2.24) is 10.2 Å². The summed E-state index contributed by atoms with van der Waals surface area (Å²) in [6.45, 7) is 1.83. The number of nitrogens with one attached hydrogen (secondary N) is 1. The second kappa shape index (κ2) is 6.57. The van der Waals surface area contributed by atoms with Gasteiger partial charge in [-0.2, -0.15) is 0 Å². The summed E-state index contributed by atoms with van der Waals surface area (Å²) < 4.78 is 0. The van der Waals surface area contributed by atoms with Gasteiger partial charge in [0.25, 0.3) is 0 Å². The van der Waals surface area contributed by atoms with Gasteiger partial charge in [-0.05, 0) is 39.3 Å². The highest BCUT2D eigenvalue weighted by molar-refractivity contribution is 5.81. The van der Waals surface area contributed by atoms with Crippen LogP contribution in [0.5, 0.6) is 0 Å². The minimum Gasteiger partial charge on any atom is -0.481 e. The summed E-state index contributed by atoms with van der Waals surface area (Å²) in [5.41, 5.74) is -0.503. The van der Waals surface area contributed by atoms with E-state index in [4.69, 9.17) is 5.11 Å². The van der Waals surface area contributed by atoms with Crippen molar-refractivity contribution in [2.75, 3.05) is 20.1 Å². The van der Waals surface area contributed by atoms with Crippen LogP contribution < -0.4 is 5.32 Å². The molecule has 1 aliphatic heterocycles. The molecule has 5 nitrogen and oxygen atoms in total. The largest absolute Gasteiger partial charge is 0.481 e. The molecular formula is C15H26N2O3. The van der Waals surface area contributed by atoms with Crippen LogP contribution in [0.4, 0.5) is 0 Å². The van der Waals surface area contributed by atoms with Gasteiger partial charge in [0.1, 0.15) is 0 Å². The van der Waals surface area contributed by atoms with E-state index in [0.29, 0.717) is 0 Å². The van der Waals surface area contributed by atoms with Crippen molar-refractivity contribution < 1.29 is 14.7 Å². The van der Waals surface area contributed by atoms with E-state index in [1.54, 1.807) is 0 Å². The Morgan fingerprint density at radius 1 is 1.25 bits per heavy atom. The predicted octanol–water partition coefficient (Wildman–Crippen LogP) is 1.62. The van der Waals surface area contributed by atoms with E-state index in [1.807, 2.05) is 7.05 Å². The van der Waals surface area contributed by atoms with Gasteiger partial charge in [-0.15, -0.1) is 0 Å². The molecule has 1 saturated heterocycles. The maximum absolute atomic E-state index is 12.5. The lowest BCUT2D eigenvalue weighted by molar-refractivity contribution is -0.140. The van der Waals surface area contributed by atoms with E-state index in [-0.39, 0.29) is 18.2 Å². The van der Waals surface area contributed by atoms with Gasteiger partial charge in [-0.1, -0.05) is 19.3 Å². The number of rotatable bonds is 4. The Kier molecular flexibility index (Phi) is 5.02. The molecule has 0 aromatic carbocycles. The van der Waals surface area contributed by atoms with Gasteiger partial charge in [0.2, 0.25) is 5.91 Å². The number of hydrogen-bond donors (Lipinski definition) is 2. The fourth-order valence-corrected chi connectivity index (χ4v) is 3.61. The van der Waals surface area contributed by atoms with Crippen molar-refractivity contribution in [3.8, 4) is 0 Å². The number of likely N-dealkylation sites (tertiary alicyclic amines) is 1. The highest BCUT2D eigenvalue weighted by Gasteiger charge is 2.37. The van der Waals surface area contributed by atoms with Crippen LogP contribution in [-0.2, 0) is 9.59 Å². The number of aliphatic carboxylic acids is 1. The highest BCUT2D eigenvalue weighted by atomic mass is 16.4. The molecule has 0 bridgehead atoms. The summed E-state index contributed by atoms with van der Waals surface area (Å²) in [7, 11) is 2.03. The summed E-state index contributed by atoms with van der Waals surface area (Å²) in [5, 5.41) is 12.2. The topological polar surface area (TPSA) is 69.6 Å². The van der Waals surface area contributed by atoms with Gasteiger partial charge in [0.05, 0.1) is 17.9 Å². The maximum Gasteiger partial charge on any atom is 0.305 e. The number of amides is 1. The second-order valence-corrected chi connectivity index (χ2v) is 6.50. The Balaban J connectivity index is 1.99. The molecule has 0 aromatic rings. The van der Waals surface area contributed by atoms with Crippen molar-refractivity contribution >= 4 is 11.9 Å². The van der Waals surface area contributed by atoms with Crippen molar-refractivity contribution in [2.45, 2.75) is 56.9 Å².